The monoisotopic (exact) mass is 424 g/mol. The number of carbonyl (C=O) groups is 2. The summed E-state index contributed by atoms with van der Waals surface area (Å²) in [5.41, 5.74) is 0. The first-order valence-electron chi connectivity index (χ1n) is 12.9. The lowest BCUT2D eigenvalue weighted by atomic mass is 9.79. The van der Waals surface area contributed by atoms with Gasteiger partial charge in [0, 0.05) is 0 Å². The second-order valence-corrected chi connectivity index (χ2v) is 9.55. The third-order valence-electron chi connectivity index (χ3n) is 6.28. The Bertz CT molecular complexity index is 446. The van der Waals surface area contributed by atoms with Crippen LogP contribution < -0.4 is 0 Å². The molecule has 1 rings (SSSR count). The Kier molecular flexibility index (Phi) is 15.8. The number of carbonyl (C=O) groups excluding carboxylic acids is 2. The molecule has 30 heavy (non-hydrogen) atoms. The van der Waals surface area contributed by atoms with E-state index < -0.39 is 0 Å². The molecule has 0 heterocycles. The van der Waals surface area contributed by atoms with Crippen molar-refractivity contribution in [1.82, 2.24) is 0 Å². The lowest BCUT2D eigenvalue weighted by Gasteiger charge is -2.28. The van der Waals surface area contributed by atoms with Crippen LogP contribution in [-0.4, -0.2) is 25.2 Å². The van der Waals surface area contributed by atoms with Crippen molar-refractivity contribution in [2.75, 3.05) is 13.2 Å². The van der Waals surface area contributed by atoms with E-state index in [1.807, 2.05) is 0 Å². The van der Waals surface area contributed by atoms with E-state index in [1.165, 1.54) is 51.4 Å². The van der Waals surface area contributed by atoms with E-state index in [0.29, 0.717) is 13.2 Å². The van der Waals surface area contributed by atoms with Crippen LogP contribution in [0.5, 0.6) is 0 Å². The molecule has 2 atom stereocenters. The Morgan fingerprint density at radius 3 is 1.60 bits per heavy atom. The Hall–Kier alpha value is -1.06. The first-order valence-corrected chi connectivity index (χ1v) is 12.9. The van der Waals surface area contributed by atoms with E-state index in [4.69, 9.17) is 9.47 Å². The fourth-order valence-electron chi connectivity index (χ4n) is 4.32. The van der Waals surface area contributed by atoms with Gasteiger partial charge in [0.2, 0.25) is 0 Å². The maximum Gasteiger partial charge on any atom is 0.309 e. The van der Waals surface area contributed by atoms with Crippen molar-refractivity contribution in [3.63, 3.8) is 0 Å². The third-order valence-corrected chi connectivity index (χ3v) is 6.28. The molecule has 0 aromatic heterocycles. The van der Waals surface area contributed by atoms with E-state index in [0.717, 1.165) is 57.3 Å². The van der Waals surface area contributed by atoms with Crippen LogP contribution in [0.25, 0.3) is 0 Å². The van der Waals surface area contributed by atoms with Crippen LogP contribution in [0.4, 0.5) is 0 Å². The van der Waals surface area contributed by atoms with Gasteiger partial charge in [0.1, 0.15) is 0 Å². The standard InChI is InChI=1S/C26H48O4/c1-4-5-6-7-10-15-20-29-25(27)23-18-13-14-19-24(23)26(28)30-21-16-11-8-9-12-17-22(2)3/h22-24H,4-21H2,1-3H3. The van der Waals surface area contributed by atoms with Gasteiger partial charge in [-0.2, -0.15) is 0 Å². The quantitative estimate of drug-likeness (QED) is 0.182. The normalized spacial score (nSPS) is 19.1. The summed E-state index contributed by atoms with van der Waals surface area (Å²) in [6.45, 7) is 7.71. The lowest BCUT2D eigenvalue weighted by molar-refractivity contribution is -0.163. The number of unbranched alkanes of at least 4 members (excludes halogenated alkanes) is 9. The van der Waals surface area contributed by atoms with Gasteiger partial charge in [-0.3, -0.25) is 9.59 Å². The van der Waals surface area contributed by atoms with E-state index in [2.05, 4.69) is 20.8 Å². The largest absolute Gasteiger partial charge is 0.465 e. The van der Waals surface area contributed by atoms with Crippen molar-refractivity contribution >= 4 is 11.9 Å². The second kappa shape index (κ2) is 17.6. The predicted molar refractivity (Wildman–Crippen MR) is 123 cm³/mol. The molecule has 0 aromatic carbocycles. The summed E-state index contributed by atoms with van der Waals surface area (Å²) in [5, 5.41) is 0. The van der Waals surface area contributed by atoms with E-state index >= 15 is 0 Å². The van der Waals surface area contributed by atoms with Crippen molar-refractivity contribution in [2.24, 2.45) is 17.8 Å². The fourth-order valence-corrected chi connectivity index (χ4v) is 4.32. The van der Waals surface area contributed by atoms with Gasteiger partial charge < -0.3 is 9.47 Å². The van der Waals surface area contributed by atoms with Crippen LogP contribution in [0, 0.1) is 17.8 Å². The van der Waals surface area contributed by atoms with Gasteiger partial charge >= 0.3 is 11.9 Å². The van der Waals surface area contributed by atoms with E-state index in [1.54, 1.807) is 0 Å². The van der Waals surface area contributed by atoms with Crippen molar-refractivity contribution in [1.29, 1.82) is 0 Å². The summed E-state index contributed by atoms with van der Waals surface area (Å²) in [5.74, 6) is -0.192. The van der Waals surface area contributed by atoms with Gasteiger partial charge in [-0.05, 0) is 31.6 Å². The highest BCUT2D eigenvalue weighted by molar-refractivity contribution is 5.82. The maximum absolute atomic E-state index is 12.6. The zero-order valence-electron chi connectivity index (χ0n) is 20.1. The highest BCUT2D eigenvalue weighted by Crippen LogP contribution is 2.32. The van der Waals surface area contributed by atoms with Gasteiger partial charge in [-0.1, -0.05) is 97.8 Å². The van der Waals surface area contributed by atoms with Crippen LogP contribution in [-0.2, 0) is 19.1 Å². The topological polar surface area (TPSA) is 52.6 Å². The zero-order valence-corrected chi connectivity index (χ0v) is 20.1. The molecule has 0 aliphatic heterocycles. The Morgan fingerprint density at radius 1 is 0.700 bits per heavy atom. The molecule has 0 amide bonds. The average Bonchev–Trinajstić information content (AvgIpc) is 2.74. The number of esters is 2. The van der Waals surface area contributed by atoms with Gasteiger partial charge in [-0.15, -0.1) is 0 Å². The Morgan fingerprint density at radius 2 is 1.13 bits per heavy atom. The van der Waals surface area contributed by atoms with Gasteiger partial charge in [0.15, 0.2) is 0 Å². The molecule has 0 radical (unpaired) electrons. The molecule has 1 aliphatic carbocycles. The molecule has 176 valence electrons. The summed E-state index contributed by atoms with van der Waals surface area (Å²) in [4.78, 5) is 25.1. The molecule has 1 saturated carbocycles. The highest BCUT2D eigenvalue weighted by Gasteiger charge is 2.37. The summed E-state index contributed by atoms with van der Waals surface area (Å²) >= 11 is 0. The molecular formula is C26H48O4. The van der Waals surface area contributed by atoms with Gasteiger partial charge in [0.05, 0.1) is 25.0 Å². The summed E-state index contributed by atoms with van der Waals surface area (Å²) < 4.78 is 11.1. The highest BCUT2D eigenvalue weighted by atomic mass is 16.5. The van der Waals surface area contributed by atoms with Crippen LogP contribution in [0.1, 0.15) is 124 Å². The van der Waals surface area contributed by atoms with Crippen molar-refractivity contribution in [3.8, 4) is 0 Å². The third kappa shape index (κ3) is 12.6. The zero-order chi connectivity index (χ0) is 22.0. The Balaban J connectivity index is 2.20. The van der Waals surface area contributed by atoms with Crippen LogP contribution in [0.15, 0.2) is 0 Å². The van der Waals surface area contributed by atoms with Crippen LogP contribution in [0.3, 0.4) is 0 Å². The number of ether oxygens (including phenoxy) is 2. The smallest absolute Gasteiger partial charge is 0.309 e. The number of hydrogen-bond donors (Lipinski definition) is 0. The minimum Gasteiger partial charge on any atom is -0.465 e. The minimum absolute atomic E-state index is 0.184. The second-order valence-electron chi connectivity index (χ2n) is 9.55. The molecular weight excluding hydrogens is 376 g/mol. The fraction of sp³-hybridized carbons (Fsp3) is 0.923. The first kappa shape index (κ1) is 27.0. The number of rotatable bonds is 17. The minimum atomic E-state index is -0.304. The summed E-state index contributed by atoms with van der Waals surface area (Å²) in [7, 11) is 0. The van der Waals surface area contributed by atoms with Crippen molar-refractivity contribution < 1.29 is 19.1 Å². The van der Waals surface area contributed by atoms with E-state index in [9.17, 15) is 9.59 Å². The molecule has 0 saturated heterocycles. The molecule has 4 heteroatoms. The number of hydrogen-bond acceptors (Lipinski definition) is 4. The molecule has 0 N–H and O–H groups in total. The van der Waals surface area contributed by atoms with E-state index in [-0.39, 0.29) is 23.8 Å². The molecule has 0 bridgehead atoms. The van der Waals surface area contributed by atoms with Crippen LogP contribution in [0.2, 0.25) is 0 Å². The SMILES string of the molecule is CCCCCCCCOC(=O)C1CCCCC1C(=O)OCCCCCCCC(C)C. The maximum atomic E-state index is 12.6. The average molecular weight is 425 g/mol. The van der Waals surface area contributed by atoms with Crippen LogP contribution >= 0.6 is 0 Å². The molecule has 1 aliphatic rings. The van der Waals surface area contributed by atoms with Crippen molar-refractivity contribution in [2.45, 2.75) is 124 Å². The molecule has 4 nitrogen and oxygen atoms in total. The van der Waals surface area contributed by atoms with Crippen molar-refractivity contribution in [3.05, 3.63) is 0 Å². The van der Waals surface area contributed by atoms with Gasteiger partial charge in [-0.25, -0.2) is 0 Å². The lowest BCUT2D eigenvalue weighted by Crippen LogP contribution is -2.35. The molecule has 1 fully saturated rings. The predicted octanol–water partition coefficient (Wildman–Crippen LogP) is 7.24. The molecule has 2 unspecified atom stereocenters. The summed E-state index contributed by atoms with van der Waals surface area (Å²) in [6.07, 6.45) is 17.6. The van der Waals surface area contributed by atoms with Gasteiger partial charge in [0.25, 0.3) is 0 Å². The summed E-state index contributed by atoms with van der Waals surface area (Å²) in [6, 6.07) is 0. The molecule has 0 spiro atoms. The Labute approximate surface area is 185 Å². The molecule has 0 aromatic rings. The first-order chi connectivity index (χ1) is 14.6.